The third kappa shape index (κ3) is 2.96. The van der Waals surface area contributed by atoms with Gasteiger partial charge in [0.1, 0.15) is 5.54 Å². The maximum absolute atomic E-state index is 12.8. The van der Waals surface area contributed by atoms with Gasteiger partial charge in [-0.15, -0.1) is 0 Å². The molecule has 3 amide bonds. The van der Waals surface area contributed by atoms with Crippen LogP contribution in [0.1, 0.15) is 25.8 Å². The molecule has 1 heterocycles. The molecule has 0 aliphatic carbocycles. The molecule has 1 aliphatic rings. The van der Waals surface area contributed by atoms with Crippen LogP contribution in [0.4, 0.5) is 4.79 Å². The fraction of sp³-hybridized carbons (Fsp3) is 0.500. The van der Waals surface area contributed by atoms with Crippen LogP contribution in [0.5, 0.6) is 11.5 Å². The highest BCUT2D eigenvalue weighted by Crippen LogP contribution is 2.35. The first-order valence-corrected chi connectivity index (χ1v) is 7.49. The van der Waals surface area contributed by atoms with Crippen molar-refractivity contribution in [2.24, 2.45) is 5.73 Å². The molecule has 1 aromatic carbocycles. The van der Waals surface area contributed by atoms with Crippen molar-refractivity contribution in [2.75, 3.05) is 20.8 Å². The fourth-order valence-electron chi connectivity index (χ4n) is 2.57. The third-order valence-electron chi connectivity index (χ3n) is 4.18. The lowest BCUT2D eigenvalue weighted by Crippen LogP contribution is -2.43. The number of carbonyl (C=O) groups is 2. The summed E-state index contributed by atoms with van der Waals surface area (Å²) in [5.41, 5.74) is 5.35. The van der Waals surface area contributed by atoms with Gasteiger partial charge in [0, 0.05) is 12.6 Å². The lowest BCUT2D eigenvalue weighted by Gasteiger charge is -2.24. The number of benzene rings is 1. The Morgan fingerprint density at radius 1 is 1.26 bits per heavy atom. The number of urea groups is 1. The monoisotopic (exact) mass is 321 g/mol. The van der Waals surface area contributed by atoms with Gasteiger partial charge in [0.15, 0.2) is 11.5 Å². The smallest absolute Gasteiger partial charge is 0.325 e. The quantitative estimate of drug-likeness (QED) is 0.768. The van der Waals surface area contributed by atoms with Gasteiger partial charge >= 0.3 is 6.03 Å². The molecule has 7 nitrogen and oxygen atoms in total. The number of nitrogens with zero attached hydrogens (tertiary/aromatic N) is 1. The topological polar surface area (TPSA) is 93.9 Å². The molecule has 1 aromatic rings. The third-order valence-corrected chi connectivity index (χ3v) is 4.18. The van der Waals surface area contributed by atoms with Crippen molar-refractivity contribution in [1.29, 1.82) is 0 Å². The predicted molar refractivity (Wildman–Crippen MR) is 85.4 cm³/mol. The molecule has 0 saturated carbocycles. The van der Waals surface area contributed by atoms with Crippen LogP contribution in [0.15, 0.2) is 18.2 Å². The molecular weight excluding hydrogens is 298 g/mol. The van der Waals surface area contributed by atoms with Crippen LogP contribution in [0.25, 0.3) is 0 Å². The SMILES string of the molecule is CCC(N)CN1C(=O)NC(C)(c2ccc(OC)c(OC)c2)C1=O. The second kappa shape index (κ2) is 6.45. The Bertz CT molecular complexity index is 619. The van der Waals surface area contributed by atoms with Gasteiger partial charge in [0.25, 0.3) is 5.91 Å². The van der Waals surface area contributed by atoms with Gasteiger partial charge < -0.3 is 20.5 Å². The molecule has 3 N–H and O–H groups in total. The zero-order chi connectivity index (χ0) is 17.2. The molecule has 2 rings (SSSR count). The second-order valence-electron chi connectivity index (χ2n) is 5.71. The van der Waals surface area contributed by atoms with Crippen LogP contribution in [0.3, 0.4) is 0 Å². The zero-order valence-electron chi connectivity index (χ0n) is 13.9. The van der Waals surface area contributed by atoms with Gasteiger partial charge in [0.05, 0.1) is 14.2 Å². The molecule has 126 valence electrons. The van der Waals surface area contributed by atoms with Crippen LogP contribution in [0.2, 0.25) is 0 Å². The number of amides is 3. The molecule has 2 atom stereocenters. The first-order chi connectivity index (χ1) is 10.9. The number of imide groups is 1. The predicted octanol–water partition coefficient (Wildman–Crippen LogP) is 1.21. The van der Waals surface area contributed by atoms with Crippen molar-refractivity contribution in [1.82, 2.24) is 10.2 Å². The van der Waals surface area contributed by atoms with E-state index >= 15 is 0 Å². The molecule has 2 unspecified atom stereocenters. The average molecular weight is 321 g/mol. The molecule has 23 heavy (non-hydrogen) atoms. The summed E-state index contributed by atoms with van der Waals surface area (Å²) in [6, 6.07) is 4.47. The molecule has 1 fully saturated rings. The van der Waals surface area contributed by atoms with E-state index in [-0.39, 0.29) is 18.5 Å². The molecule has 7 heteroatoms. The molecule has 0 radical (unpaired) electrons. The van der Waals surface area contributed by atoms with E-state index in [4.69, 9.17) is 15.2 Å². The van der Waals surface area contributed by atoms with E-state index < -0.39 is 11.6 Å². The van der Waals surface area contributed by atoms with Crippen molar-refractivity contribution in [3.63, 3.8) is 0 Å². The minimum atomic E-state index is -1.15. The number of rotatable bonds is 6. The molecule has 0 aromatic heterocycles. The molecule has 1 aliphatic heterocycles. The van der Waals surface area contributed by atoms with E-state index in [0.717, 1.165) is 0 Å². The number of hydrogen-bond donors (Lipinski definition) is 2. The largest absolute Gasteiger partial charge is 0.493 e. The number of nitrogens with two attached hydrogens (primary N) is 1. The fourth-order valence-corrected chi connectivity index (χ4v) is 2.57. The summed E-state index contributed by atoms with van der Waals surface area (Å²) >= 11 is 0. The number of hydrogen-bond acceptors (Lipinski definition) is 5. The maximum atomic E-state index is 12.8. The van der Waals surface area contributed by atoms with Gasteiger partial charge in [-0.2, -0.15) is 0 Å². The summed E-state index contributed by atoms with van der Waals surface area (Å²) < 4.78 is 10.5. The normalized spacial score (nSPS) is 22.0. The Balaban J connectivity index is 2.35. The number of carbonyl (C=O) groups excluding carboxylic acids is 2. The van der Waals surface area contributed by atoms with Gasteiger partial charge in [0.2, 0.25) is 0 Å². The van der Waals surface area contributed by atoms with E-state index in [1.165, 1.54) is 19.1 Å². The van der Waals surface area contributed by atoms with Crippen molar-refractivity contribution in [2.45, 2.75) is 31.8 Å². The van der Waals surface area contributed by atoms with E-state index in [9.17, 15) is 9.59 Å². The number of methoxy groups -OCH3 is 2. The summed E-state index contributed by atoms with van der Waals surface area (Å²) in [5, 5.41) is 2.75. The summed E-state index contributed by atoms with van der Waals surface area (Å²) in [6.45, 7) is 3.78. The van der Waals surface area contributed by atoms with Gasteiger partial charge in [-0.1, -0.05) is 13.0 Å². The van der Waals surface area contributed by atoms with Crippen molar-refractivity contribution in [3.05, 3.63) is 23.8 Å². The first kappa shape index (κ1) is 17.1. The van der Waals surface area contributed by atoms with Crippen LogP contribution < -0.4 is 20.5 Å². The van der Waals surface area contributed by atoms with Crippen molar-refractivity contribution >= 4 is 11.9 Å². The van der Waals surface area contributed by atoms with Crippen molar-refractivity contribution < 1.29 is 19.1 Å². The minimum Gasteiger partial charge on any atom is -0.493 e. The zero-order valence-corrected chi connectivity index (χ0v) is 13.9. The average Bonchev–Trinajstić information content (AvgIpc) is 2.78. The van der Waals surface area contributed by atoms with Crippen LogP contribution in [-0.2, 0) is 10.3 Å². The first-order valence-electron chi connectivity index (χ1n) is 7.49. The van der Waals surface area contributed by atoms with E-state index in [1.54, 1.807) is 25.1 Å². The lowest BCUT2D eigenvalue weighted by molar-refractivity contribution is -0.131. The van der Waals surface area contributed by atoms with Gasteiger partial charge in [-0.05, 0) is 31.0 Å². The number of nitrogens with one attached hydrogen (secondary N) is 1. The van der Waals surface area contributed by atoms with Crippen LogP contribution in [0, 0.1) is 0 Å². The van der Waals surface area contributed by atoms with Crippen molar-refractivity contribution in [3.8, 4) is 11.5 Å². The Hall–Kier alpha value is -2.28. The van der Waals surface area contributed by atoms with Gasteiger partial charge in [-0.3, -0.25) is 9.69 Å². The van der Waals surface area contributed by atoms with E-state index in [1.807, 2.05) is 6.92 Å². The summed E-state index contributed by atoms with van der Waals surface area (Å²) in [7, 11) is 3.06. The van der Waals surface area contributed by atoms with E-state index in [2.05, 4.69) is 5.32 Å². The highest BCUT2D eigenvalue weighted by atomic mass is 16.5. The Morgan fingerprint density at radius 2 is 1.91 bits per heavy atom. The molecule has 1 saturated heterocycles. The maximum Gasteiger partial charge on any atom is 0.325 e. The molecular formula is C16H23N3O4. The second-order valence-corrected chi connectivity index (χ2v) is 5.71. The lowest BCUT2D eigenvalue weighted by atomic mass is 9.91. The molecule has 0 bridgehead atoms. The summed E-state index contributed by atoms with van der Waals surface area (Å²) in [6.07, 6.45) is 0.685. The summed E-state index contributed by atoms with van der Waals surface area (Å²) in [4.78, 5) is 26.1. The standard InChI is InChI=1S/C16H23N3O4/c1-5-11(17)9-19-14(20)16(2,18-15(19)21)10-6-7-12(22-3)13(8-10)23-4/h6-8,11H,5,9,17H2,1-4H3,(H,18,21). The van der Waals surface area contributed by atoms with Crippen LogP contribution >= 0.6 is 0 Å². The number of ether oxygens (including phenoxy) is 2. The van der Waals surface area contributed by atoms with E-state index in [0.29, 0.717) is 23.5 Å². The summed E-state index contributed by atoms with van der Waals surface area (Å²) in [5.74, 6) is 0.733. The Labute approximate surface area is 135 Å². The highest BCUT2D eigenvalue weighted by molar-refractivity contribution is 6.07. The van der Waals surface area contributed by atoms with Gasteiger partial charge in [-0.25, -0.2) is 4.79 Å². The van der Waals surface area contributed by atoms with Crippen LogP contribution in [-0.4, -0.2) is 43.6 Å². The Morgan fingerprint density at radius 3 is 2.48 bits per heavy atom. The minimum absolute atomic E-state index is 0.198. The molecule has 0 spiro atoms. The Kier molecular flexibility index (Phi) is 4.79. The highest BCUT2D eigenvalue weighted by Gasteiger charge is 2.49.